The van der Waals surface area contributed by atoms with Gasteiger partial charge in [0, 0.05) is 19.0 Å². The fourth-order valence-electron chi connectivity index (χ4n) is 0.923. The highest BCUT2D eigenvalue weighted by Crippen LogP contribution is 1.99. The van der Waals surface area contributed by atoms with Gasteiger partial charge in [-0.1, -0.05) is 24.3 Å². The van der Waals surface area contributed by atoms with Gasteiger partial charge >= 0.3 is 0 Å². The maximum Gasteiger partial charge on any atom is 0.0512 e. The van der Waals surface area contributed by atoms with Gasteiger partial charge in [0.05, 0.1) is 6.54 Å². The molecular formula is C10H13N3. The number of hydrogen-bond acceptors (Lipinski definition) is 3. The summed E-state index contributed by atoms with van der Waals surface area (Å²) in [5.74, 6) is 0. The normalized spacial score (nSPS) is 10.5. The van der Waals surface area contributed by atoms with E-state index in [1.807, 2.05) is 24.3 Å². The molecule has 3 heteroatoms. The van der Waals surface area contributed by atoms with E-state index in [9.17, 15) is 0 Å². The second kappa shape index (κ2) is 5.22. The van der Waals surface area contributed by atoms with Crippen LogP contribution in [0.1, 0.15) is 11.1 Å². The molecule has 1 rings (SSSR count). The molecular weight excluding hydrogens is 162 g/mol. The minimum atomic E-state index is 0.578. The molecule has 3 nitrogen and oxygen atoms in total. The molecule has 1 aromatic rings. The minimum Gasteiger partial charge on any atom is -0.329 e. The zero-order valence-corrected chi connectivity index (χ0v) is 7.40. The van der Waals surface area contributed by atoms with E-state index in [2.05, 4.69) is 4.99 Å². The summed E-state index contributed by atoms with van der Waals surface area (Å²) in [5, 5.41) is 7.01. The molecule has 0 saturated carbocycles. The fraction of sp³-hybridized carbons (Fsp3) is 0.200. The number of nitrogens with two attached hydrogens (primary N) is 1. The summed E-state index contributed by atoms with van der Waals surface area (Å²) in [6.07, 6.45) is 3.11. The van der Waals surface area contributed by atoms with Crippen molar-refractivity contribution in [3.63, 3.8) is 0 Å². The highest BCUT2D eigenvalue weighted by atomic mass is 14.7. The minimum absolute atomic E-state index is 0.578. The molecule has 0 saturated heterocycles. The summed E-state index contributed by atoms with van der Waals surface area (Å²) in [4.78, 5) is 4.11. The molecule has 0 bridgehead atoms. The van der Waals surface area contributed by atoms with Crippen LogP contribution < -0.4 is 5.73 Å². The molecule has 0 unspecified atom stereocenters. The number of aliphatic imine (C=N–C) groups is 1. The van der Waals surface area contributed by atoms with Crippen molar-refractivity contribution in [1.82, 2.24) is 0 Å². The van der Waals surface area contributed by atoms with E-state index in [1.165, 1.54) is 6.21 Å². The van der Waals surface area contributed by atoms with E-state index in [4.69, 9.17) is 11.1 Å². The smallest absolute Gasteiger partial charge is 0.0512 e. The van der Waals surface area contributed by atoms with Crippen LogP contribution in [0.4, 0.5) is 0 Å². The Morgan fingerprint density at radius 2 is 1.85 bits per heavy atom. The van der Waals surface area contributed by atoms with Gasteiger partial charge in [0.25, 0.3) is 0 Å². The average molecular weight is 175 g/mol. The Balaban J connectivity index is 2.63. The lowest BCUT2D eigenvalue weighted by Crippen LogP contribution is -2.02. The average Bonchev–Trinajstić information content (AvgIpc) is 2.19. The highest BCUT2D eigenvalue weighted by Gasteiger charge is 1.87. The van der Waals surface area contributed by atoms with Gasteiger partial charge in [-0.3, -0.25) is 4.99 Å². The molecule has 0 fully saturated rings. The van der Waals surface area contributed by atoms with E-state index in [0.29, 0.717) is 13.1 Å². The van der Waals surface area contributed by atoms with E-state index in [-0.39, 0.29) is 0 Å². The Labute approximate surface area is 77.8 Å². The van der Waals surface area contributed by atoms with Crippen molar-refractivity contribution < 1.29 is 0 Å². The second-order valence-electron chi connectivity index (χ2n) is 2.63. The van der Waals surface area contributed by atoms with Gasteiger partial charge in [-0.25, -0.2) is 0 Å². The summed E-state index contributed by atoms with van der Waals surface area (Å²) < 4.78 is 0. The lowest BCUT2D eigenvalue weighted by atomic mass is 10.2. The number of nitrogens with zero attached hydrogens (tertiary/aromatic N) is 1. The zero-order chi connectivity index (χ0) is 9.52. The summed E-state index contributed by atoms with van der Waals surface area (Å²) >= 11 is 0. The van der Waals surface area contributed by atoms with Crippen LogP contribution in [0.2, 0.25) is 0 Å². The maximum absolute atomic E-state index is 7.01. The summed E-state index contributed by atoms with van der Waals surface area (Å²) in [7, 11) is 0. The van der Waals surface area contributed by atoms with Crippen LogP contribution in [-0.2, 0) is 0 Å². The van der Waals surface area contributed by atoms with Crippen molar-refractivity contribution in [3.8, 4) is 0 Å². The van der Waals surface area contributed by atoms with Gasteiger partial charge in [-0.2, -0.15) is 0 Å². The molecule has 3 N–H and O–H groups in total. The summed E-state index contributed by atoms with van der Waals surface area (Å²) in [6.45, 7) is 1.24. The van der Waals surface area contributed by atoms with Crippen LogP contribution in [0.25, 0.3) is 0 Å². The Hall–Kier alpha value is -1.48. The van der Waals surface area contributed by atoms with Crippen LogP contribution in [-0.4, -0.2) is 25.5 Å². The van der Waals surface area contributed by atoms with Crippen molar-refractivity contribution in [2.45, 2.75) is 0 Å². The van der Waals surface area contributed by atoms with Gasteiger partial charge in [0.1, 0.15) is 0 Å². The van der Waals surface area contributed by atoms with Crippen LogP contribution in [0, 0.1) is 5.41 Å². The third kappa shape index (κ3) is 3.17. The third-order valence-corrected chi connectivity index (χ3v) is 1.60. The topological polar surface area (TPSA) is 62.2 Å². The number of hydrogen-bond donors (Lipinski definition) is 2. The Morgan fingerprint density at radius 1 is 1.23 bits per heavy atom. The summed E-state index contributed by atoms with van der Waals surface area (Å²) in [6, 6.07) is 7.63. The van der Waals surface area contributed by atoms with Gasteiger partial charge in [-0.15, -0.1) is 0 Å². The monoisotopic (exact) mass is 175 g/mol. The van der Waals surface area contributed by atoms with Crippen molar-refractivity contribution in [2.24, 2.45) is 10.7 Å². The first-order valence-corrected chi connectivity index (χ1v) is 4.17. The van der Waals surface area contributed by atoms with Gasteiger partial charge in [-0.05, 0) is 11.1 Å². The molecule has 0 aliphatic carbocycles. The predicted molar refractivity (Wildman–Crippen MR) is 55.8 cm³/mol. The van der Waals surface area contributed by atoms with E-state index in [1.54, 1.807) is 6.21 Å². The molecule has 0 spiro atoms. The second-order valence-corrected chi connectivity index (χ2v) is 2.63. The number of benzene rings is 1. The van der Waals surface area contributed by atoms with Crippen molar-refractivity contribution in [1.29, 1.82) is 5.41 Å². The Kier molecular flexibility index (Phi) is 3.85. The third-order valence-electron chi connectivity index (χ3n) is 1.60. The first-order valence-electron chi connectivity index (χ1n) is 4.17. The first kappa shape index (κ1) is 9.61. The van der Waals surface area contributed by atoms with E-state index >= 15 is 0 Å². The van der Waals surface area contributed by atoms with Gasteiger partial charge < -0.3 is 11.1 Å². The predicted octanol–water partition coefficient (Wildman–Crippen LogP) is 1.06. The molecule has 0 atom stereocenters. The largest absolute Gasteiger partial charge is 0.329 e. The zero-order valence-electron chi connectivity index (χ0n) is 7.40. The molecule has 0 radical (unpaired) electrons. The number of nitrogens with one attached hydrogen (secondary N) is 1. The molecule has 0 aliphatic rings. The lowest BCUT2D eigenvalue weighted by molar-refractivity contribution is 0.981. The van der Waals surface area contributed by atoms with Crippen LogP contribution in [0.5, 0.6) is 0 Å². The standard InChI is InChI=1S/C10H13N3/c11-5-6-13-8-10-3-1-9(7-12)2-4-10/h1-4,7-8,12H,5-6,11H2. The van der Waals surface area contributed by atoms with Gasteiger partial charge in [0.2, 0.25) is 0 Å². The Morgan fingerprint density at radius 3 is 2.38 bits per heavy atom. The highest BCUT2D eigenvalue weighted by molar-refractivity contribution is 5.82. The molecule has 0 aromatic heterocycles. The maximum atomic E-state index is 7.01. The fourth-order valence-corrected chi connectivity index (χ4v) is 0.923. The van der Waals surface area contributed by atoms with E-state index in [0.717, 1.165) is 11.1 Å². The Bertz CT molecular complexity index is 288. The van der Waals surface area contributed by atoms with E-state index < -0.39 is 0 Å². The molecule has 1 aromatic carbocycles. The number of rotatable bonds is 4. The van der Waals surface area contributed by atoms with Crippen LogP contribution >= 0.6 is 0 Å². The first-order chi connectivity index (χ1) is 6.36. The molecule has 0 heterocycles. The SMILES string of the molecule is N=Cc1ccc(C=NCCN)cc1. The molecule has 13 heavy (non-hydrogen) atoms. The van der Waals surface area contributed by atoms with Crippen molar-refractivity contribution >= 4 is 12.4 Å². The molecule has 68 valence electrons. The lowest BCUT2D eigenvalue weighted by Gasteiger charge is -1.93. The molecule has 0 aliphatic heterocycles. The van der Waals surface area contributed by atoms with Crippen molar-refractivity contribution in [2.75, 3.05) is 13.1 Å². The van der Waals surface area contributed by atoms with Crippen LogP contribution in [0.3, 0.4) is 0 Å². The van der Waals surface area contributed by atoms with Gasteiger partial charge in [0.15, 0.2) is 0 Å². The quantitative estimate of drug-likeness (QED) is 0.660. The van der Waals surface area contributed by atoms with Crippen molar-refractivity contribution in [3.05, 3.63) is 35.4 Å². The summed E-state index contributed by atoms with van der Waals surface area (Å²) in [5.41, 5.74) is 7.23. The molecule has 0 amide bonds. The van der Waals surface area contributed by atoms with Crippen LogP contribution in [0.15, 0.2) is 29.3 Å².